The summed E-state index contributed by atoms with van der Waals surface area (Å²) in [5.41, 5.74) is 6.72. The summed E-state index contributed by atoms with van der Waals surface area (Å²) >= 11 is 0. The first kappa shape index (κ1) is 14.2. The number of fused-ring (bicyclic) bond motifs is 1. The standard InChI is InChI=1S/C14H18N2O4/c1-8(2)20-14(18)9(3)16-12(17)7-19-11-6-4-5-10(15)13(11)16/h4-6,8-9H,7,15H2,1-3H3. The van der Waals surface area contributed by atoms with Gasteiger partial charge in [0.15, 0.2) is 6.61 Å². The minimum Gasteiger partial charge on any atom is -0.481 e. The second-order valence-corrected chi connectivity index (χ2v) is 4.91. The van der Waals surface area contributed by atoms with Crippen molar-refractivity contribution < 1.29 is 19.1 Å². The first-order valence-electron chi connectivity index (χ1n) is 6.45. The SMILES string of the molecule is CC(C)OC(=O)C(C)N1C(=O)COc2cccc(N)c21. The van der Waals surface area contributed by atoms with Gasteiger partial charge in [0.05, 0.1) is 11.8 Å². The molecule has 1 aromatic carbocycles. The fourth-order valence-electron chi connectivity index (χ4n) is 2.09. The lowest BCUT2D eigenvalue weighted by Crippen LogP contribution is -2.49. The normalized spacial score (nSPS) is 15.6. The van der Waals surface area contributed by atoms with Crippen LogP contribution >= 0.6 is 0 Å². The number of hydrogen-bond donors (Lipinski definition) is 1. The second-order valence-electron chi connectivity index (χ2n) is 4.91. The molecule has 0 radical (unpaired) electrons. The number of carbonyl (C=O) groups excluding carboxylic acids is 2. The number of amides is 1. The molecule has 0 aliphatic carbocycles. The van der Waals surface area contributed by atoms with Gasteiger partial charge in [-0.1, -0.05) is 6.07 Å². The Kier molecular flexibility index (Phi) is 3.83. The summed E-state index contributed by atoms with van der Waals surface area (Å²) in [7, 11) is 0. The number of carbonyl (C=O) groups is 2. The Hall–Kier alpha value is -2.24. The van der Waals surface area contributed by atoms with Gasteiger partial charge in [0, 0.05) is 0 Å². The predicted octanol–water partition coefficient (Wildman–Crippen LogP) is 1.33. The zero-order chi connectivity index (χ0) is 14.9. The van der Waals surface area contributed by atoms with E-state index in [1.54, 1.807) is 39.0 Å². The van der Waals surface area contributed by atoms with E-state index >= 15 is 0 Å². The smallest absolute Gasteiger partial charge is 0.329 e. The first-order chi connectivity index (χ1) is 9.41. The van der Waals surface area contributed by atoms with Gasteiger partial charge in [0.1, 0.15) is 17.5 Å². The average molecular weight is 278 g/mol. The van der Waals surface area contributed by atoms with Crippen molar-refractivity contribution >= 4 is 23.3 Å². The van der Waals surface area contributed by atoms with Gasteiger partial charge in [-0.3, -0.25) is 9.69 Å². The number of hydrogen-bond acceptors (Lipinski definition) is 5. The van der Waals surface area contributed by atoms with Crippen molar-refractivity contribution in [2.24, 2.45) is 0 Å². The van der Waals surface area contributed by atoms with E-state index in [2.05, 4.69) is 0 Å². The number of anilines is 2. The molecule has 1 unspecified atom stereocenters. The van der Waals surface area contributed by atoms with Crippen LogP contribution < -0.4 is 15.4 Å². The third-order valence-corrected chi connectivity index (χ3v) is 2.97. The molecule has 0 saturated heterocycles. The molecule has 1 heterocycles. The molecule has 0 saturated carbocycles. The van der Waals surface area contributed by atoms with Crippen molar-refractivity contribution in [2.75, 3.05) is 17.2 Å². The van der Waals surface area contributed by atoms with Crippen LogP contribution in [-0.2, 0) is 14.3 Å². The van der Waals surface area contributed by atoms with Gasteiger partial charge in [0.2, 0.25) is 0 Å². The summed E-state index contributed by atoms with van der Waals surface area (Å²) in [4.78, 5) is 25.4. The van der Waals surface area contributed by atoms with Crippen molar-refractivity contribution in [3.05, 3.63) is 18.2 Å². The number of benzene rings is 1. The Bertz CT molecular complexity index is 542. The molecule has 0 spiro atoms. The topological polar surface area (TPSA) is 81.9 Å². The Morgan fingerprint density at radius 3 is 2.75 bits per heavy atom. The maximum Gasteiger partial charge on any atom is 0.329 e. The summed E-state index contributed by atoms with van der Waals surface area (Å²) in [6.07, 6.45) is -0.242. The molecular formula is C14H18N2O4. The van der Waals surface area contributed by atoms with Crippen molar-refractivity contribution in [3.63, 3.8) is 0 Å². The lowest BCUT2D eigenvalue weighted by Gasteiger charge is -2.33. The van der Waals surface area contributed by atoms with Crippen molar-refractivity contribution in [1.82, 2.24) is 0 Å². The number of esters is 1. The molecule has 1 amide bonds. The molecule has 0 aromatic heterocycles. The lowest BCUT2D eigenvalue weighted by molar-refractivity contribution is -0.149. The van der Waals surface area contributed by atoms with E-state index in [1.807, 2.05) is 0 Å². The fraction of sp³-hybridized carbons (Fsp3) is 0.429. The van der Waals surface area contributed by atoms with Crippen LogP contribution in [0.15, 0.2) is 18.2 Å². The number of para-hydroxylation sites is 1. The summed E-state index contributed by atoms with van der Waals surface area (Å²) in [5.74, 6) is -0.290. The maximum atomic E-state index is 12.1. The summed E-state index contributed by atoms with van der Waals surface area (Å²) in [6, 6.07) is 4.36. The number of nitrogen functional groups attached to an aromatic ring is 1. The zero-order valence-corrected chi connectivity index (χ0v) is 11.8. The molecule has 6 heteroatoms. The number of ether oxygens (including phenoxy) is 2. The van der Waals surface area contributed by atoms with Gasteiger partial charge >= 0.3 is 5.97 Å². The molecule has 20 heavy (non-hydrogen) atoms. The van der Waals surface area contributed by atoms with Crippen molar-refractivity contribution in [1.29, 1.82) is 0 Å². The van der Waals surface area contributed by atoms with Gasteiger partial charge in [-0.05, 0) is 32.9 Å². The van der Waals surface area contributed by atoms with Crippen LogP contribution in [0.4, 0.5) is 11.4 Å². The van der Waals surface area contributed by atoms with Crippen molar-refractivity contribution in [2.45, 2.75) is 32.9 Å². The summed E-state index contributed by atoms with van der Waals surface area (Å²) < 4.78 is 10.5. The number of nitrogens with two attached hydrogens (primary N) is 1. The van der Waals surface area contributed by atoms with E-state index in [1.165, 1.54) is 4.90 Å². The van der Waals surface area contributed by atoms with E-state index in [4.69, 9.17) is 15.2 Å². The Morgan fingerprint density at radius 2 is 2.10 bits per heavy atom. The van der Waals surface area contributed by atoms with Crippen LogP contribution in [0, 0.1) is 0 Å². The van der Waals surface area contributed by atoms with E-state index in [9.17, 15) is 9.59 Å². The van der Waals surface area contributed by atoms with Gasteiger partial charge in [0.25, 0.3) is 5.91 Å². The third kappa shape index (κ3) is 2.54. The van der Waals surface area contributed by atoms with Gasteiger partial charge in [-0.25, -0.2) is 4.79 Å². The molecule has 1 aliphatic heterocycles. The van der Waals surface area contributed by atoms with Crippen LogP contribution in [0.1, 0.15) is 20.8 Å². The molecule has 1 atom stereocenters. The lowest BCUT2D eigenvalue weighted by atomic mass is 10.1. The molecule has 108 valence electrons. The predicted molar refractivity (Wildman–Crippen MR) is 74.5 cm³/mol. The molecule has 2 N–H and O–H groups in total. The zero-order valence-electron chi connectivity index (χ0n) is 11.8. The van der Waals surface area contributed by atoms with Crippen LogP contribution in [0.3, 0.4) is 0 Å². The van der Waals surface area contributed by atoms with Gasteiger partial charge in [-0.2, -0.15) is 0 Å². The Balaban J connectivity index is 2.36. The molecule has 6 nitrogen and oxygen atoms in total. The minimum atomic E-state index is -0.753. The van der Waals surface area contributed by atoms with Crippen LogP contribution in [-0.4, -0.2) is 30.6 Å². The molecular weight excluding hydrogens is 260 g/mol. The van der Waals surface area contributed by atoms with Crippen LogP contribution in [0.2, 0.25) is 0 Å². The van der Waals surface area contributed by atoms with E-state index in [0.717, 1.165) is 0 Å². The molecule has 0 fully saturated rings. The highest BCUT2D eigenvalue weighted by Gasteiger charge is 2.35. The van der Waals surface area contributed by atoms with E-state index < -0.39 is 12.0 Å². The van der Waals surface area contributed by atoms with Crippen molar-refractivity contribution in [3.8, 4) is 5.75 Å². The maximum absolute atomic E-state index is 12.1. The molecule has 2 rings (SSSR count). The molecule has 1 aliphatic rings. The molecule has 0 bridgehead atoms. The van der Waals surface area contributed by atoms with Gasteiger partial charge < -0.3 is 15.2 Å². The first-order valence-corrected chi connectivity index (χ1v) is 6.45. The average Bonchev–Trinajstić information content (AvgIpc) is 2.38. The minimum absolute atomic E-state index is 0.115. The number of nitrogens with zero attached hydrogens (tertiary/aromatic N) is 1. The Morgan fingerprint density at radius 1 is 1.40 bits per heavy atom. The van der Waals surface area contributed by atoms with Crippen LogP contribution in [0.5, 0.6) is 5.75 Å². The Labute approximate surface area is 117 Å². The monoisotopic (exact) mass is 278 g/mol. The second kappa shape index (κ2) is 5.40. The fourth-order valence-corrected chi connectivity index (χ4v) is 2.09. The van der Waals surface area contributed by atoms with E-state index in [-0.39, 0.29) is 18.6 Å². The number of rotatable bonds is 3. The van der Waals surface area contributed by atoms with Crippen LogP contribution in [0.25, 0.3) is 0 Å². The quantitative estimate of drug-likeness (QED) is 0.666. The summed E-state index contributed by atoms with van der Waals surface area (Å²) in [6.45, 7) is 5.02. The van der Waals surface area contributed by atoms with Gasteiger partial charge in [-0.15, -0.1) is 0 Å². The molecule has 1 aromatic rings. The summed E-state index contributed by atoms with van der Waals surface area (Å²) in [5, 5.41) is 0. The highest BCUT2D eigenvalue weighted by Crippen LogP contribution is 2.38. The highest BCUT2D eigenvalue weighted by molar-refractivity contribution is 6.05. The largest absolute Gasteiger partial charge is 0.481 e. The van der Waals surface area contributed by atoms with E-state index in [0.29, 0.717) is 17.1 Å². The third-order valence-electron chi connectivity index (χ3n) is 2.97. The highest BCUT2D eigenvalue weighted by atomic mass is 16.5.